The summed E-state index contributed by atoms with van der Waals surface area (Å²) in [5.74, 6) is 0.979. The average Bonchev–Trinajstić information content (AvgIpc) is 3.20. The lowest BCUT2D eigenvalue weighted by Gasteiger charge is -2.24. The van der Waals surface area contributed by atoms with Gasteiger partial charge in [-0.15, -0.1) is 0 Å². The van der Waals surface area contributed by atoms with Gasteiger partial charge >= 0.3 is 5.97 Å². The van der Waals surface area contributed by atoms with Gasteiger partial charge in [-0.1, -0.05) is 55.4 Å². The Kier molecular flexibility index (Phi) is 8.05. The lowest BCUT2D eigenvalue weighted by Crippen LogP contribution is -2.39. The van der Waals surface area contributed by atoms with Crippen molar-refractivity contribution in [2.75, 3.05) is 20.8 Å². The smallest absolute Gasteiger partial charge is 0.338 e. The maximum atomic E-state index is 13.6. The summed E-state index contributed by atoms with van der Waals surface area (Å²) in [6, 6.07) is 14.3. The lowest BCUT2D eigenvalue weighted by molar-refractivity contribution is -0.136. The second-order valence-electron chi connectivity index (χ2n) is 8.47. The normalized spacial score (nSPS) is 15.3. The number of unbranched alkanes of at least 4 members (excludes halogenated alkanes) is 2. The number of rotatable bonds is 9. The molecule has 1 unspecified atom stereocenters. The first-order valence-corrected chi connectivity index (χ1v) is 12.8. The Labute approximate surface area is 214 Å². The molecular weight excluding hydrogens is 476 g/mol. The topological polar surface area (TPSA) is 79.1 Å². The summed E-state index contributed by atoms with van der Waals surface area (Å²) < 4.78 is 18.2. The minimum atomic E-state index is -0.652. The van der Waals surface area contributed by atoms with Crippen molar-refractivity contribution < 1.29 is 19.0 Å². The molecule has 0 saturated carbocycles. The molecule has 1 atom stereocenters. The van der Waals surface area contributed by atoms with Gasteiger partial charge in [-0.05, 0) is 54.8 Å². The molecule has 0 aliphatic carbocycles. The van der Waals surface area contributed by atoms with Crippen molar-refractivity contribution in [2.45, 2.75) is 39.2 Å². The van der Waals surface area contributed by atoms with Crippen LogP contribution in [0.15, 0.2) is 69.6 Å². The molecule has 7 nitrogen and oxygen atoms in total. The third kappa shape index (κ3) is 5.28. The van der Waals surface area contributed by atoms with Crippen molar-refractivity contribution >= 4 is 23.4 Å². The van der Waals surface area contributed by atoms with Crippen molar-refractivity contribution in [3.8, 4) is 11.5 Å². The fourth-order valence-corrected chi connectivity index (χ4v) is 5.19. The Balaban J connectivity index is 1.74. The van der Waals surface area contributed by atoms with Gasteiger partial charge in [0.15, 0.2) is 4.80 Å². The molecule has 1 aromatic heterocycles. The number of ether oxygens (including phenoxy) is 3. The maximum Gasteiger partial charge on any atom is 0.338 e. The highest BCUT2D eigenvalue weighted by Crippen LogP contribution is 2.31. The molecule has 1 aliphatic heterocycles. The zero-order valence-electron chi connectivity index (χ0n) is 20.9. The molecule has 0 radical (unpaired) electrons. The number of allylic oxidation sites excluding steroid dienone is 1. The van der Waals surface area contributed by atoms with Gasteiger partial charge in [-0.25, -0.2) is 9.79 Å². The molecule has 2 heterocycles. The second kappa shape index (κ2) is 11.4. The van der Waals surface area contributed by atoms with Crippen LogP contribution in [0.5, 0.6) is 11.5 Å². The first kappa shape index (κ1) is 25.4. The fourth-order valence-electron chi connectivity index (χ4n) is 4.15. The van der Waals surface area contributed by atoms with Crippen LogP contribution in [0.25, 0.3) is 6.08 Å². The van der Waals surface area contributed by atoms with Crippen LogP contribution in [-0.2, 0) is 9.53 Å². The predicted molar refractivity (Wildman–Crippen MR) is 140 cm³/mol. The molecule has 2 aromatic carbocycles. The van der Waals surface area contributed by atoms with Gasteiger partial charge in [0, 0.05) is 0 Å². The lowest BCUT2D eigenvalue weighted by atomic mass is 9.96. The van der Waals surface area contributed by atoms with E-state index in [9.17, 15) is 9.59 Å². The molecule has 0 fully saturated rings. The standard InChI is InChI=1S/C28H30N2O5S/c1-5-6-7-16-35-22-12-8-19(9-13-22)17-23-26(31)30-25(20-10-14-21(33-3)15-11-20)24(27(32)34-4)18(2)29-28(30)36-23/h8-15,17,25H,5-7,16H2,1-4H3/b23-17-. The Morgan fingerprint density at radius 2 is 1.75 bits per heavy atom. The molecule has 0 saturated heterocycles. The summed E-state index contributed by atoms with van der Waals surface area (Å²) in [7, 11) is 2.92. The summed E-state index contributed by atoms with van der Waals surface area (Å²) in [5, 5.41) is 0. The number of esters is 1. The van der Waals surface area contributed by atoms with E-state index in [-0.39, 0.29) is 5.56 Å². The summed E-state index contributed by atoms with van der Waals surface area (Å²) in [5.41, 5.74) is 2.30. The molecule has 0 bridgehead atoms. The minimum absolute atomic E-state index is 0.214. The number of carbonyl (C=O) groups excluding carboxylic acids is 1. The van der Waals surface area contributed by atoms with Gasteiger partial charge in [-0.3, -0.25) is 9.36 Å². The quantitative estimate of drug-likeness (QED) is 0.324. The maximum absolute atomic E-state index is 13.6. The van der Waals surface area contributed by atoms with Gasteiger partial charge in [0.25, 0.3) is 5.56 Å². The highest BCUT2D eigenvalue weighted by Gasteiger charge is 2.33. The number of nitrogens with zero attached hydrogens (tertiary/aromatic N) is 2. The molecule has 1 aliphatic rings. The summed E-state index contributed by atoms with van der Waals surface area (Å²) in [6.45, 7) is 4.62. The van der Waals surface area contributed by atoms with Crippen LogP contribution in [0.4, 0.5) is 0 Å². The summed E-state index contributed by atoms with van der Waals surface area (Å²) in [6.07, 6.45) is 5.17. The molecule has 4 rings (SSSR count). The number of methoxy groups -OCH3 is 2. The number of hydrogen-bond donors (Lipinski definition) is 0. The number of fused-ring (bicyclic) bond motifs is 1. The van der Waals surface area contributed by atoms with Crippen molar-refractivity contribution in [3.05, 3.63) is 90.6 Å². The first-order valence-electron chi connectivity index (χ1n) is 11.9. The van der Waals surface area contributed by atoms with Crippen LogP contribution >= 0.6 is 11.3 Å². The van der Waals surface area contributed by atoms with E-state index in [4.69, 9.17) is 14.2 Å². The van der Waals surface area contributed by atoms with Crippen molar-refractivity contribution in [1.29, 1.82) is 0 Å². The zero-order chi connectivity index (χ0) is 25.7. The van der Waals surface area contributed by atoms with Crippen LogP contribution < -0.4 is 24.4 Å². The van der Waals surface area contributed by atoms with Crippen LogP contribution in [-0.4, -0.2) is 31.4 Å². The van der Waals surface area contributed by atoms with E-state index >= 15 is 0 Å². The molecule has 36 heavy (non-hydrogen) atoms. The summed E-state index contributed by atoms with van der Waals surface area (Å²) in [4.78, 5) is 31.5. The SMILES string of the molecule is CCCCCOc1ccc(/C=c2\sc3n(c2=O)C(c2ccc(OC)cc2)C(C(=O)OC)=C(C)N=3)cc1. The Morgan fingerprint density at radius 1 is 1.06 bits per heavy atom. The first-order chi connectivity index (χ1) is 17.5. The van der Waals surface area contributed by atoms with E-state index in [1.807, 2.05) is 42.5 Å². The monoisotopic (exact) mass is 506 g/mol. The highest BCUT2D eigenvalue weighted by molar-refractivity contribution is 7.07. The molecular formula is C28H30N2O5S. The zero-order valence-corrected chi connectivity index (χ0v) is 21.8. The number of aromatic nitrogens is 1. The van der Waals surface area contributed by atoms with Gasteiger partial charge in [0.05, 0.1) is 42.7 Å². The van der Waals surface area contributed by atoms with Crippen LogP contribution in [0.3, 0.4) is 0 Å². The highest BCUT2D eigenvalue weighted by atomic mass is 32.1. The van der Waals surface area contributed by atoms with E-state index < -0.39 is 12.0 Å². The number of benzene rings is 2. The molecule has 188 valence electrons. The third-order valence-corrected chi connectivity index (χ3v) is 7.04. The van der Waals surface area contributed by atoms with E-state index in [1.54, 1.807) is 30.7 Å². The number of thiazole rings is 1. The number of hydrogen-bond acceptors (Lipinski definition) is 7. The van der Waals surface area contributed by atoms with Crippen LogP contribution in [0, 0.1) is 0 Å². The van der Waals surface area contributed by atoms with Crippen molar-refractivity contribution in [3.63, 3.8) is 0 Å². The van der Waals surface area contributed by atoms with Crippen molar-refractivity contribution in [2.24, 2.45) is 4.99 Å². The number of carbonyl (C=O) groups is 1. The average molecular weight is 507 g/mol. The molecule has 0 amide bonds. The van der Waals surface area contributed by atoms with Gasteiger partial charge in [0.2, 0.25) is 0 Å². The van der Waals surface area contributed by atoms with E-state index in [2.05, 4.69) is 11.9 Å². The van der Waals surface area contributed by atoms with Crippen molar-refractivity contribution in [1.82, 2.24) is 4.57 Å². The van der Waals surface area contributed by atoms with E-state index in [0.29, 0.717) is 33.0 Å². The Bertz CT molecular complexity index is 1430. The second-order valence-corrected chi connectivity index (χ2v) is 9.48. The summed E-state index contributed by atoms with van der Waals surface area (Å²) >= 11 is 1.30. The molecule has 0 spiro atoms. The molecule has 8 heteroatoms. The predicted octanol–water partition coefficient (Wildman–Crippen LogP) is 3.99. The largest absolute Gasteiger partial charge is 0.497 e. The minimum Gasteiger partial charge on any atom is -0.497 e. The van der Waals surface area contributed by atoms with Gasteiger partial charge in [-0.2, -0.15) is 0 Å². The molecule has 3 aromatic rings. The fraction of sp³-hybridized carbons (Fsp3) is 0.321. The van der Waals surface area contributed by atoms with Crippen LogP contribution in [0.1, 0.15) is 50.3 Å². The Morgan fingerprint density at radius 3 is 2.39 bits per heavy atom. The third-order valence-electron chi connectivity index (χ3n) is 6.05. The van der Waals surface area contributed by atoms with E-state index in [1.165, 1.54) is 18.4 Å². The van der Waals surface area contributed by atoms with Gasteiger partial charge in [0.1, 0.15) is 11.5 Å². The Hall–Kier alpha value is -3.65. The van der Waals surface area contributed by atoms with Gasteiger partial charge < -0.3 is 14.2 Å². The van der Waals surface area contributed by atoms with Crippen LogP contribution in [0.2, 0.25) is 0 Å². The van der Waals surface area contributed by atoms with E-state index in [0.717, 1.165) is 36.1 Å². The molecule has 0 N–H and O–H groups in total.